The molecule has 0 aliphatic heterocycles. The van der Waals surface area contributed by atoms with Crippen molar-refractivity contribution in [3.05, 3.63) is 41.9 Å². The maximum absolute atomic E-state index is 9.01. The van der Waals surface area contributed by atoms with Crippen LogP contribution in [0.2, 0.25) is 0 Å². The number of pyridine rings is 1. The summed E-state index contributed by atoms with van der Waals surface area (Å²) in [6, 6.07) is 4.99. The Bertz CT molecular complexity index is 465. The van der Waals surface area contributed by atoms with Crippen LogP contribution in [0.5, 0.6) is 0 Å². The largest absolute Gasteiger partial charge is 0.364 e. The summed E-state index contributed by atoms with van der Waals surface area (Å²) in [6.45, 7) is 1.90. The first-order valence-electron chi connectivity index (χ1n) is 4.51. The first-order chi connectivity index (χ1) is 7.18. The molecule has 2 aromatic rings. The molecule has 0 unspecified atom stereocenters. The standard InChI is InChI=1S/C10H11N3O2/c1-7-2-5-12-13(7)9-6-8(10(14)15)3-4-11-9/h2-6,10,14-15H,1H3. The van der Waals surface area contributed by atoms with Gasteiger partial charge >= 0.3 is 0 Å². The average Bonchev–Trinajstić information content (AvgIpc) is 2.64. The molecular weight excluding hydrogens is 194 g/mol. The van der Waals surface area contributed by atoms with Crippen molar-refractivity contribution in [1.29, 1.82) is 0 Å². The molecule has 0 saturated carbocycles. The van der Waals surface area contributed by atoms with Crippen molar-refractivity contribution < 1.29 is 10.2 Å². The molecule has 2 rings (SSSR count). The number of nitrogens with zero attached hydrogens (tertiary/aromatic N) is 3. The number of hydrogen-bond donors (Lipinski definition) is 2. The Morgan fingerprint density at radius 3 is 2.67 bits per heavy atom. The molecule has 0 amide bonds. The molecule has 2 heterocycles. The van der Waals surface area contributed by atoms with Crippen LogP contribution in [0.1, 0.15) is 17.5 Å². The lowest BCUT2D eigenvalue weighted by atomic mass is 10.2. The van der Waals surface area contributed by atoms with Crippen molar-refractivity contribution in [1.82, 2.24) is 14.8 Å². The topological polar surface area (TPSA) is 71.2 Å². The molecule has 5 nitrogen and oxygen atoms in total. The SMILES string of the molecule is Cc1ccnn1-c1cc(C(O)O)ccn1. The molecule has 0 radical (unpaired) electrons. The molecule has 78 valence electrons. The zero-order valence-electron chi connectivity index (χ0n) is 8.20. The average molecular weight is 205 g/mol. The molecule has 0 aliphatic carbocycles. The van der Waals surface area contributed by atoms with Gasteiger partial charge in [-0.15, -0.1) is 0 Å². The van der Waals surface area contributed by atoms with Crippen LogP contribution in [0.4, 0.5) is 0 Å². The van der Waals surface area contributed by atoms with Crippen LogP contribution < -0.4 is 0 Å². The van der Waals surface area contributed by atoms with E-state index in [1.807, 2.05) is 13.0 Å². The number of aliphatic hydroxyl groups is 2. The van der Waals surface area contributed by atoms with Crippen molar-refractivity contribution >= 4 is 0 Å². The molecule has 0 aromatic carbocycles. The molecule has 2 aromatic heterocycles. The van der Waals surface area contributed by atoms with Gasteiger partial charge in [0.15, 0.2) is 12.1 Å². The smallest absolute Gasteiger partial charge is 0.178 e. The monoisotopic (exact) mass is 205 g/mol. The molecule has 2 N–H and O–H groups in total. The Hall–Kier alpha value is -1.72. The van der Waals surface area contributed by atoms with E-state index in [1.165, 1.54) is 6.20 Å². The van der Waals surface area contributed by atoms with Gasteiger partial charge in [-0.3, -0.25) is 0 Å². The minimum atomic E-state index is -1.48. The highest BCUT2D eigenvalue weighted by atomic mass is 16.5. The van der Waals surface area contributed by atoms with Crippen LogP contribution in [0.3, 0.4) is 0 Å². The zero-order chi connectivity index (χ0) is 10.8. The second-order valence-corrected chi connectivity index (χ2v) is 3.21. The van der Waals surface area contributed by atoms with E-state index in [4.69, 9.17) is 10.2 Å². The van der Waals surface area contributed by atoms with Gasteiger partial charge in [0.05, 0.1) is 0 Å². The molecule has 0 bridgehead atoms. The van der Waals surface area contributed by atoms with Gasteiger partial charge in [0.1, 0.15) is 0 Å². The highest BCUT2D eigenvalue weighted by Crippen LogP contribution is 2.13. The minimum Gasteiger partial charge on any atom is -0.364 e. The maximum Gasteiger partial charge on any atom is 0.178 e. The fourth-order valence-electron chi connectivity index (χ4n) is 1.32. The fourth-order valence-corrected chi connectivity index (χ4v) is 1.32. The summed E-state index contributed by atoms with van der Waals surface area (Å²) in [5.41, 5.74) is 1.34. The maximum atomic E-state index is 9.01. The Balaban J connectivity index is 2.46. The summed E-state index contributed by atoms with van der Waals surface area (Å²) in [6.07, 6.45) is 1.70. The molecule has 0 aliphatic rings. The Kier molecular flexibility index (Phi) is 2.49. The second-order valence-electron chi connectivity index (χ2n) is 3.21. The molecule has 0 atom stereocenters. The summed E-state index contributed by atoms with van der Waals surface area (Å²) in [7, 11) is 0. The van der Waals surface area contributed by atoms with Crippen molar-refractivity contribution in [2.75, 3.05) is 0 Å². The quantitative estimate of drug-likeness (QED) is 0.703. The van der Waals surface area contributed by atoms with Crippen molar-refractivity contribution in [2.24, 2.45) is 0 Å². The van der Waals surface area contributed by atoms with Crippen LogP contribution in [0.25, 0.3) is 5.82 Å². The first kappa shape index (κ1) is 9.82. The second kappa shape index (κ2) is 3.80. The molecule has 5 heteroatoms. The zero-order valence-corrected chi connectivity index (χ0v) is 8.20. The predicted molar refractivity (Wildman–Crippen MR) is 53.3 cm³/mol. The lowest BCUT2D eigenvalue weighted by Gasteiger charge is -2.07. The lowest BCUT2D eigenvalue weighted by Crippen LogP contribution is -2.03. The van der Waals surface area contributed by atoms with E-state index in [9.17, 15) is 0 Å². The van der Waals surface area contributed by atoms with E-state index in [0.717, 1.165) is 5.69 Å². The van der Waals surface area contributed by atoms with Crippen LogP contribution >= 0.6 is 0 Å². The van der Waals surface area contributed by atoms with Gasteiger partial charge in [-0.1, -0.05) is 0 Å². The van der Waals surface area contributed by atoms with E-state index in [0.29, 0.717) is 11.4 Å². The van der Waals surface area contributed by atoms with Gasteiger partial charge in [-0.05, 0) is 25.1 Å². The van der Waals surface area contributed by atoms with Crippen LogP contribution in [-0.4, -0.2) is 25.0 Å². The van der Waals surface area contributed by atoms with E-state index in [1.54, 1.807) is 23.0 Å². The number of aliphatic hydroxyl groups excluding tert-OH is 1. The summed E-state index contributed by atoms with van der Waals surface area (Å²) in [4.78, 5) is 4.10. The molecule has 15 heavy (non-hydrogen) atoms. The highest BCUT2D eigenvalue weighted by Gasteiger charge is 2.06. The summed E-state index contributed by atoms with van der Waals surface area (Å²) >= 11 is 0. The third kappa shape index (κ3) is 1.88. The molecule has 0 spiro atoms. The van der Waals surface area contributed by atoms with E-state index in [-0.39, 0.29) is 0 Å². The summed E-state index contributed by atoms with van der Waals surface area (Å²) < 4.78 is 1.63. The van der Waals surface area contributed by atoms with Gasteiger partial charge in [0.25, 0.3) is 0 Å². The molecule has 0 saturated heterocycles. The molecular formula is C10H11N3O2. The summed E-state index contributed by atoms with van der Waals surface area (Å²) in [5.74, 6) is 0.572. The Labute approximate surface area is 86.6 Å². The van der Waals surface area contributed by atoms with E-state index < -0.39 is 6.29 Å². The third-order valence-electron chi connectivity index (χ3n) is 2.12. The van der Waals surface area contributed by atoms with E-state index >= 15 is 0 Å². The first-order valence-corrected chi connectivity index (χ1v) is 4.51. The minimum absolute atomic E-state index is 0.398. The van der Waals surface area contributed by atoms with Gasteiger partial charge in [0, 0.05) is 23.7 Å². The predicted octanol–water partition coefficient (Wildman–Crippen LogP) is 0.559. The number of aromatic nitrogens is 3. The number of hydrogen-bond acceptors (Lipinski definition) is 4. The third-order valence-corrected chi connectivity index (χ3v) is 2.12. The van der Waals surface area contributed by atoms with Crippen LogP contribution in [-0.2, 0) is 0 Å². The lowest BCUT2D eigenvalue weighted by molar-refractivity contribution is -0.0425. The van der Waals surface area contributed by atoms with Gasteiger partial charge in [-0.2, -0.15) is 5.10 Å². The number of rotatable bonds is 2. The van der Waals surface area contributed by atoms with Gasteiger partial charge < -0.3 is 10.2 Å². The Morgan fingerprint density at radius 1 is 1.27 bits per heavy atom. The van der Waals surface area contributed by atoms with Crippen molar-refractivity contribution in [3.63, 3.8) is 0 Å². The van der Waals surface area contributed by atoms with Crippen LogP contribution in [0, 0.1) is 6.92 Å². The van der Waals surface area contributed by atoms with Crippen LogP contribution in [0.15, 0.2) is 30.6 Å². The summed E-state index contributed by atoms with van der Waals surface area (Å²) in [5, 5.41) is 22.1. The van der Waals surface area contributed by atoms with Gasteiger partial charge in [0.2, 0.25) is 0 Å². The van der Waals surface area contributed by atoms with Gasteiger partial charge in [-0.25, -0.2) is 9.67 Å². The highest BCUT2D eigenvalue weighted by molar-refractivity contribution is 5.29. The fraction of sp³-hybridized carbons (Fsp3) is 0.200. The van der Waals surface area contributed by atoms with Crippen molar-refractivity contribution in [3.8, 4) is 5.82 Å². The Morgan fingerprint density at radius 2 is 2.07 bits per heavy atom. The number of aryl methyl sites for hydroxylation is 1. The van der Waals surface area contributed by atoms with Crippen molar-refractivity contribution in [2.45, 2.75) is 13.2 Å². The van der Waals surface area contributed by atoms with E-state index in [2.05, 4.69) is 10.1 Å². The molecule has 0 fully saturated rings. The normalized spacial score (nSPS) is 10.9.